The molecule has 0 bridgehead atoms. The van der Waals surface area contributed by atoms with Crippen LogP contribution in [0.15, 0.2) is 4.42 Å². The molecular weight excluding hydrogens is 236 g/mol. The molecule has 1 unspecified atom stereocenters. The van der Waals surface area contributed by atoms with Gasteiger partial charge in [0.05, 0.1) is 6.54 Å². The molecule has 1 saturated heterocycles. The van der Waals surface area contributed by atoms with E-state index in [1.165, 1.54) is 0 Å². The average Bonchev–Trinajstić information content (AvgIpc) is 2.75. The maximum Gasteiger partial charge on any atom is 0.318 e. The Balaban J connectivity index is 1.92. The molecule has 0 spiro atoms. The lowest BCUT2D eigenvalue weighted by molar-refractivity contribution is 0.446. The Bertz CT molecular complexity index is 355. The quantitative estimate of drug-likeness (QED) is 0.881. The second kappa shape index (κ2) is 5.73. The maximum absolute atomic E-state index is 5.65. The molecule has 0 aliphatic carbocycles. The van der Waals surface area contributed by atoms with E-state index in [0.29, 0.717) is 29.7 Å². The van der Waals surface area contributed by atoms with Crippen LogP contribution >= 0.6 is 11.8 Å². The van der Waals surface area contributed by atoms with Gasteiger partial charge < -0.3 is 14.6 Å². The number of nitrogens with zero attached hydrogens (tertiary/aromatic N) is 3. The predicted octanol–water partition coefficient (Wildman–Crippen LogP) is 1.51. The highest BCUT2D eigenvalue weighted by molar-refractivity contribution is 8.00. The minimum Gasteiger partial charge on any atom is -0.407 e. The van der Waals surface area contributed by atoms with Crippen molar-refractivity contribution in [3.05, 3.63) is 5.89 Å². The summed E-state index contributed by atoms with van der Waals surface area (Å²) < 4.78 is 5.65. The van der Waals surface area contributed by atoms with Gasteiger partial charge in [0.2, 0.25) is 5.89 Å². The molecular formula is C11H20N4OS. The van der Waals surface area contributed by atoms with E-state index in [9.17, 15) is 0 Å². The zero-order chi connectivity index (χ0) is 12.3. The summed E-state index contributed by atoms with van der Waals surface area (Å²) in [7, 11) is 0. The molecule has 0 aromatic carbocycles. The second-order valence-corrected chi connectivity index (χ2v) is 6.19. The SMILES string of the molecule is CC(C)NCc1nnc(N2CCSC(C)C2)o1. The van der Waals surface area contributed by atoms with Gasteiger partial charge in [-0.25, -0.2) is 0 Å². The van der Waals surface area contributed by atoms with Crippen LogP contribution in [-0.2, 0) is 6.54 Å². The van der Waals surface area contributed by atoms with Crippen LogP contribution in [0.5, 0.6) is 0 Å². The van der Waals surface area contributed by atoms with E-state index in [1.54, 1.807) is 0 Å². The fraction of sp³-hybridized carbons (Fsp3) is 0.818. The van der Waals surface area contributed by atoms with E-state index in [2.05, 4.69) is 41.2 Å². The van der Waals surface area contributed by atoms with Gasteiger partial charge in [-0.15, -0.1) is 5.10 Å². The van der Waals surface area contributed by atoms with Crippen LogP contribution in [0.3, 0.4) is 0 Å². The van der Waals surface area contributed by atoms with Gasteiger partial charge in [0.25, 0.3) is 0 Å². The highest BCUT2D eigenvalue weighted by atomic mass is 32.2. The Hall–Kier alpha value is -0.750. The van der Waals surface area contributed by atoms with Crippen LogP contribution in [0.2, 0.25) is 0 Å². The number of thioether (sulfide) groups is 1. The van der Waals surface area contributed by atoms with Crippen molar-refractivity contribution in [3.63, 3.8) is 0 Å². The zero-order valence-corrected chi connectivity index (χ0v) is 11.5. The number of hydrogen-bond donors (Lipinski definition) is 1. The Morgan fingerprint density at radius 2 is 2.35 bits per heavy atom. The molecule has 0 saturated carbocycles. The molecule has 1 aromatic rings. The van der Waals surface area contributed by atoms with Crippen molar-refractivity contribution < 1.29 is 4.42 Å². The molecule has 0 amide bonds. The van der Waals surface area contributed by atoms with Crippen LogP contribution in [-0.4, -0.2) is 40.3 Å². The Kier molecular flexibility index (Phi) is 4.28. The van der Waals surface area contributed by atoms with E-state index in [0.717, 1.165) is 18.8 Å². The summed E-state index contributed by atoms with van der Waals surface area (Å²) in [4.78, 5) is 2.17. The van der Waals surface area contributed by atoms with Crippen molar-refractivity contribution >= 4 is 17.8 Å². The van der Waals surface area contributed by atoms with Gasteiger partial charge in [0.15, 0.2) is 0 Å². The number of aromatic nitrogens is 2. The van der Waals surface area contributed by atoms with E-state index < -0.39 is 0 Å². The molecule has 1 fully saturated rings. The first kappa shape index (κ1) is 12.7. The van der Waals surface area contributed by atoms with Crippen LogP contribution in [0.1, 0.15) is 26.7 Å². The molecule has 1 aliphatic rings. The third kappa shape index (κ3) is 3.61. The molecule has 6 heteroatoms. The average molecular weight is 256 g/mol. The van der Waals surface area contributed by atoms with Gasteiger partial charge in [0, 0.05) is 30.1 Å². The molecule has 1 aliphatic heterocycles. The lowest BCUT2D eigenvalue weighted by Crippen LogP contribution is -2.36. The predicted molar refractivity (Wildman–Crippen MR) is 70.4 cm³/mol. The van der Waals surface area contributed by atoms with Crippen LogP contribution in [0.4, 0.5) is 6.01 Å². The van der Waals surface area contributed by atoms with E-state index in [1.807, 2.05) is 11.8 Å². The highest BCUT2D eigenvalue weighted by Crippen LogP contribution is 2.22. The molecule has 17 heavy (non-hydrogen) atoms. The fourth-order valence-corrected chi connectivity index (χ4v) is 2.74. The highest BCUT2D eigenvalue weighted by Gasteiger charge is 2.21. The van der Waals surface area contributed by atoms with Gasteiger partial charge in [0.1, 0.15) is 0 Å². The molecule has 1 atom stereocenters. The van der Waals surface area contributed by atoms with Gasteiger partial charge in [-0.3, -0.25) is 0 Å². The van der Waals surface area contributed by atoms with E-state index >= 15 is 0 Å². The number of nitrogens with one attached hydrogen (secondary N) is 1. The van der Waals surface area contributed by atoms with Crippen molar-refractivity contribution in [2.45, 2.75) is 38.6 Å². The zero-order valence-electron chi connectivity index (χ0n) is 10.6. The summed E-state index contributed by atoms with van der Waals surface area (Å²) in [6, 6.07) is 1.09. The normalized spacial score (nSPS) is 21.2. The molecule has 1 N–H and O–H groups in total. The first-order valence-electron chi connectivity index (χ1n) is 6.07. The third-order valence-corrected chi connectivity index (χ3v) is 3.77. The largest absolute Gasteiger partial charge is 0.407 e. The minimum absolute atomic E-state index is 0.428. The smallest absolute Gasteiger partial charge is 0.318 e. The van der Waals surface area contributed by atoms with Gasteiger partial charge in [-0.1, -0.05) is 25.9 Å². The summed E-state index contributed by atoms with van der Waals surface area (Å²) in [5, 5.41) is 12.1. The molecule has 5 nitrogen and oxygen atoms in total. The van der Waals surface area contributed by atoms with Crippen LogP contribution < -0.4 is 10.2 Å². The minimum atomic E-state index is 0.428. The first-order valence-corrected chi connectivity index (χ1v) is 7.12. The fourth-order valence-electron chi connectivity index (χ4n) is 1.73. The topological polar surface area (TPSA) is 54.2 Å². The summed E-state index contributed by atoms with van der Waals surface area (Å²) >= 11 is 1.99. The molecule has 2 rings (SSSR count). The van der Waals surface area contributed by atoms with Crippen LogP contribution in [0, 0.1) is 0 Å². The Labute approximate surface area is 106 Å². The number of anilines is 1. The molecule has 1 aromatic heterocycles. The van der Waals surface area contributed by atoms with Crippen molar-refractivity contribution in [3.8, 4) is 0 Å². The Morgan fingerprint density at radius 3 is 3.06 bits per heavy atom. The monoisotopic (exact) mass is 256 g/mol. The summed E-state index contributed by atoms with van der Waals surface area (Å²) in [6.07, 6.45) is 0. The van der Waals surface area contributed by atoms with E-state index in [4.69, 9.17) is 4.42 Å². The molecule has 96 valence electrons. The third-order valence-electron chi connectivity index (χ3n) is 2.63. The lowest BCUT2D eigenvalue weighted by atomic mass is 10.4. The number of hydrogen-bond acceptors (Lipinski definition) is 6. The number of rotatable bonds is 4. The lowest BCUT2D eigenvalue weighted by Gasteiger charge is -2.28. The summed E-state index contributed by atoms with van der Waals surface area (Å²) in [5.41, 5.74) is 0. The standard InChI is InChI=1S/C11H20N4OS/c1-8(2)12-6-10-13-14-11(16-10)15-4-5-17-9(3)7-15/h8-9,12H,4-7H2,1-3H3. The molecule has 0 radical (unpaired) electrons. The second-order valence-electron chi connectivity index (χ2n) is 4.64. The first-order chi connectivity index (χ1) is 8.15. The van der Waals surface area contributed by atoms with Gasteiger partial charge in [-0.2, -0.15) is 11.8 Å². The summed E-state index contributed by atoms with van der Waals surface area (Å²) in [6.45, 7) is 9.05. The van der Waals surface area contributed by atoms with E-state index in [-0.39, 0.29) is 0 Å². The van der Waals surface area contributed by atoms with Crippen molar-refractivity contribution in [1.82, 2.24) is 15.5 Å². The molecule has 2 heterocycles. The van der Waals surface area contributed by atoms with Crippen molar-refractivity contribution in [1.29, 1.82) is 0 Å². The maximum atomic E-state index is 5.65. The van der Waals surface area contributed by atoms with Crippen molar-refractivity contribution in [2.24, 2.45) is 0 Å². The van der Waals surface area contributed by atoms with Gasteiger partial charge in [-0.05, 0) is 0 Å². The van der Waals surface area contributed by atoms with Gasteiger partial charge >= 0.3 is 6.01 Å². The summed E-state index contributed by atoms with van der Waals surface area (Å²) in [5.74, 6) is 1.79. The Morgan fingerprint density at radius 1 is 1.53 bits per heavy atom. The van der Waals surface area contributed by atoms with Crippen LogP contribution in [0.25, 0.3) is 0 Å². The van der Waals surface area contributed by atoms with Crippen molar-refractivity contribution in [2.75, 3.05) is 23.7 Å².